The summed E-state index contributed by atoms with van der Waals surface area (Å²) < 4.78 is 0. The Kier molecular flexibility index (Phi) is 8.04. The van der Waals surface area contributed by atoms with E-state index in [0.29, 0.717) is 15.5 Å². The predicted octanol–water partition coefficient (Wildman–Crippen LogP) is 5.55. The van der Waals surface area contributed by atoms with E-state index in [0.717, 1.165) is 0 Å². The Hall–Kier alpha value is 1.46. The van der Waals surface area contributed by atoms with Crippen molar-refractivity contribution in [2.45, 2.75) is 77.8 Å². The Morgan fingerprint density at radius 2 is 0.733 bits per heavy atom. The minimum atomic E-state index is 0.0162. The molecule has 0 nitrogen and oxygen atoms in total. The quantitative estimate of drug-likeness (QED) is 0.346. The van der Waals surface area contributed by atoms with Crippen LogP contribution >= 0.6 is 17.1 Å². The maximum atomic E-state index is 4.58. The normalized spacial score (nSPS) is 13.7. The first kappa shape index (κ1) is 18.8. The first-order valence-corrected chi connectivity index (χ1v) is 9.31. The van der Waals surface area contributed by atoms with Crippen molar-refractivity contribution in [2.75, 3.05) is 0 Å². The molecule has 0 bridgehead atoms. The van der Waals surface area contributed by atoms with Gasteiger partial charge in [0.05, 0.1) is 0 Å². The summed E-state index contributed by atoms with van der Waals surface area (Å²) in [6.07, 6.45) is 0. The Morgan fingerprint density at radius 3 is 0.733 bits per heavy atom. The molecule has 0 aliphatic heterocycles. The Bertz CT molecular complexity index is 138. The van der Waals surface area contributed by atoms with Gasteiger partial charge >= 0.3 is 29.2 Å². The van der Waals surface area contributed by atoms with Crippen LogP contribution in [-0.4, -0.2) is 15.5 Å². The molecule has 0 aliphatic rings. The van der Waals surface area contributed by atoms with E-state index in [9.17, 15) is 0 Å². The molecule has 0 spiro atoms. The van der Waals surface area contributed by atoms with Gasteiger partial charge in [0.15, 0.2) is 0 Å². The molecule has 0 heterocycles. The number of rotatable bonds is 0. The fourth-order valence-electron chi connectivity index (χ4n) is 3.02. The van der Waals surface area contributed by atoms with Gasteiger partial charge in [-0.3, -0.25) is 0 Å². The SMILES string of the molecule is CC(C)(C)P(C(C)(C)C)C(C)(C)C.[Cl][Au]. The molecule has 0 rings (SSSR count). The van der Waals surface area contributed by atoms with Crippen molar-refractivity contribution in [2.24, 2.45) is 0 Å². The van der Waals surface area contributed by atoms with Crippen LogP contribution in [0.4, 0.5) is 0 Å². The summed E-state index contributed by atoms with van der Waals surface area (Å²) in [5.74, 6) is 0. The monoisotopic (exact) mass is 434 g/mol. The van der Waals surface area contributed by atoms with E-state index in [4.69, 9.17) is 0 Å². The summed E-state index contributed by atoms with van der Waals surface area (Å²) in [5, 5.41) is 1.35. The molecule has 0 radical (unpaired) electrons. The fraction of sp³-hybridized carbons (Fsp3) is 1.00. The van der Waals surface area contributed by atoms with Crippen molar-refractivity contribution in [1.82, 2.24) is 0 Å². The van der Waals surface area contributed by atoms with Crippen LogP contribution in [0.2, 0.25) is 0 Å². The van der Waals surface area contributed by atoms with Gasteiger partial charge in [0.2, 0.25) is 0 Å². The van der Waals surface area contributed by atoms with Crippen LogP contribution < -0.4 is 0 Å². The summed E-state index contributed by atoms with van der Waals surface area (Å²) >= 11 is 1.75. The fourth-order valence-corrected chi connectivity index (χ4v) is 9.06. The Balaban J connectivity index is 0. The van der Waals surface area contributed by atoms with Gasteiger partial charge in [0, 0.05) is 0 Å². The van der Waals surface area contributed by atoms with Crippen LogP contribution in [0, 0.1) is 0 Å². The zero-order valence-electron chi connectivity index (χ0n) is 11.6. The van der Waals surface area contributed by atoms with E-state index in [1.54, 1.807) is 20.0 Å². The van der Waals surface area contributed by atoms with Crippen molar-refractivity contribution in [3.8, 4) is 0 Å². The second-order valence-electron chi connectivity index (χ2n) is 6.85. The van der Waals surface area contributed by atoms with Crippen LogP contribution in [0.25, 0.3) is 0 Å². The van der Waals surface area contributed by atoms with Crippen LogP contribution in [0.3, 0.4) is 0 Å². The van der Waals surface area contributed by atoms with E-state index in [1.165, 1.54) is 0 Å². The van der Waals surface area contributed by atoms with Gasteiger partial charge in [-0.15, -0.1) is 0 Å². The zero-order chi connectivity index (χ0) is 13.1. The van der Waals surface area contributed by atoms with Crippen molar-refractivity contribution in [3.05, 3.63) is 0 Å². The molecule has 0 saturated carbocycles. The molecule has 0 aromatic heterocycles. The first-order chi connectivity index (χ1) is 6.37. The number of hydrogen-bond donors (Lipinski definition) is 0. The molecule has 98 valence electrons. The van der Waals surface area contributed by atoms with Gasteiger partial charge < -0.3 is 0 Å². The van der Waals surface area contributed by atoms with Crippen molar-refractivity contribution < 1.29 is 20.0 Å². The molecule has 0 aromatic rings. The van der Waals surface area contributed by atoms with Crippen molar-refractivity contribution in [3.63, 3.8) is 0 Å². The summed E-state index contributed by atoms with van der Waals surface area (Å²) in [6, 6.07) is 0. The molecule has 0 fully saturated rings. The molecule has 0 atom stereocenters. The molecular formula is C12H27AuClP. The summed E-state index contributed by atoms with van der Waals surface area (Å²) in [7, 11) is 4.60. The van der Waals surface area contributed by atoms with Gasteiger partial charge in [0.25, 0.3) is 0 Å². The van der Waals surface area contributed by atoms with Crippen molar-refractivity contribution in [1.29, 1.82) is 0 Å². The van der Waals surface area contributed by atoms with Crippen LogP contribution in [0.15, 0.2) is 0 Å². The zero-order valence-corrected chi connectivity index (χ0v) is 15.4. The van der Waals surface area contributed by atoms with E-state index in [1.807, 2.05) is 0 Å². The second kappa shape index (κ2) is 6.41. The van der Waals surface area contributed by atoms with Crippen LogP contribution in [-0.2, 0) is 20.0 Å². The topological polar surface area (TPSA) is 0 Å². The van der Waals surface area contributed by atoms with Crippen LogP contribution in [0.1, 0.15) is 62.3 Å². The Morgan fingerprint density at radius 1 is 0.600 bits per heavy atom. The third kappa shape index (κ3) is 7.40. The summed E-state index contributed by atoms with van der Waals surface area (Å²) in [5.41, 5.74) is 0. The number of hydrogen-bond acceptors (Lipinski definition) is 0. The molecule has 0 aliphatic carbocycles. The van der Waals surface area contributed by atoms with Gasteiger partial charge in [-0.05, 0) is 15.5 Å². The summed E-state index contributed by atoms with van der Waals surface area (Å²) in [4.78, 5) is 0. The van der Waals surface area contributed by atoms with Crippen molar-refractivity contribution >= 4 is 17.1 Å². The standard InChI is InChI=1S/C12H27P.Au.ClH/c1-10(2,3)13(11(4,5)6)12(7,8)9;;/h1-9H3;;1H/q;+1;/p-1. The molecule has 15 heavy (non-hydrogen) atoms. The second-order valence-corrected chi connectivity index (χ2v) is 11.5. The van der Waals surface area contributed by atoms with E-state index >= 15 is 0 Å². The number of halogens is 1. The molecule has 0 N–H and O–H groups in total. The molecule has 0 saturated heterocycles. The van der Waals surface area contributed by atoms with Crippen LogP contribution in [0.5, 0.6) is 0 Å². The average Bonchev–Trinajstić information content (AvgIpc) is 1.79. The maximum absolute atomic E-state index is 4.58. The third-order valence-corrected chi connectivity index (χ3v) is 6.04. The predicted molar refractivity (Wildman–Crippen MR) is 72.0 cm³/mol. The molecule has 0 aromatic carbocycles. The molecule has 0 unspecified atom stereocenters. The molecule has 3 heteroatoms. The summed E-state index contributed by atoms with van der Waals surface area (Å²) in [6.45, 7) is 21.5. The van der Waals surface area contributed by atoms with Gasteiger partial charge in [-0.2, -0.15) is 0 Å². The molecule has 0 amide bonds. The Labute approximate surface area is 114 Å². The van der Waals surface area contributed by atoms with E-state index in [2.05, 4.69) is 71.5 Å². The third-order valence-electron chi connectivity index (χ3n) is 2.01. The molecular weight excluding hydrogens is 408 g/mol. The van der Waals surface area contributed by atoms with Gasteiger partial charge in [0.1, 0.15) is 0 Å². The van der Waals surface area contributed by atoms with Gasteiger partial charge in [-0.25, -0.2) is 0 Å². The average molecular weight is 435 g/mol. The van der Waals surface area contributed by atoms with E-state index < -0.39 is 0 Å². The van der Waals surface area contributed by atoms with E-state index in [-0.39, 0.29) is 7.92 Å². The van der Waals surface area contributed by atoms with Gasteiger partial charge in [-0.1, -0.05) is 70.2 Å². The minimum absolute atomic E-state index is 0.0162. The first-order valence-electron chi connectivity index (χ1n) is 5.28.